The van der Waals surface area contributed by atoms with Gasteiger partial charge in [-0.15, -0.1) is 0 Å². The number of rotatable bonds is 4. The van der Waals surface area contributed by atoms with E-state index in [4.69, 9.17) is 14.3 Å². The maximum Gasteiger partial charge on any atom is 0.313 e. The molecule has 6 nitrogen and oxygen atoms in total. The Labute approximate surface area is 131 Å². The number of carbonyl (C=O) groups is 3. The highest BCUT2D eigenvalue weighted by Gasteiger charge is 2.60. The molecular weight excluding hydrogens is 304 g/mol. The predicted octanol–water partition coefficient (Wildman–Crippen LogP) is 2.13. The Morgan fingerprint density at radius 1 is 1.36 bits per heavy atom. The summed E-state index contributed by atoms with van der Waals surface area (Å²) in [6, 6.07) is 0. The summed E-state index contributed by atoms with van der Waals surface area (Å²) in [6.45, 7) is 10.3. The molecule has 1 N–H and O–H groups in total. The third kappa shape index (κ3) is 2.84. The minimum Gasteiger partial charge on any atom is -0.481 e. The van der Waals surface area contributed by atoms with Crippen molar-refractivity contribution in [2.75, 3.05) is 0 Å². The Kier molecular flexibility index (Phi) is 4.02. The maximum absolute atomic E-state index is 12.4. The van der Waals surface area contributed by atoms with Gasteiger partial charge in [0.2, 0.25) is 5.78 Å². The molecule has 0 aromatic heterocycles. The summed E-state index contributed by atoms with van der Waals surface area (Å²) in [7, 11) is -2.20. The molecule has 1 saturated carbocycles. The molecular formula is C15H24O6Si. The van der Waals surface area contributed by atoms with Crippen LogP contribution in [-0.2, 0) is 23.5 Å². The van der Waals surface area contributed by atoms with Crippen molar-refractivity contribution in [2.24, 2.45) is 5.41 Å². The Bertz CT molecular complexity index is 521. The number of Topliss-reactive ketones (excluding diaryl/α,β-unsaturated/α-hetero) is 1. The predicted molar refractivity (Wildman–Crippen MR) is 80.9 cm³/mol. The molecule has 1 heterocycles. The smallest absolute Gasteiger partial charge is 0.313 e. The second-order valence-electron chi connectivity index (χ2n) is 7.92. The fourth-order valence-electron chi connectivity index (χ4n) is 2.86. The summed E-state index contributed by atoms with van der Waals surface area (Å²) in [5, 5.41) is 9.01. The summed E-state index contributed by atoms with van der Waals surface area (Å²) in [4.78, 5) is 35.6. The molecule has 2 fully saturated rings. The molecule has 1 saturated heterocycles. The average molecular weight is 328 g/mol. The van der Waals surface area contributed by atoms with Gasteiger partial charge in [-0.3, -0.25) is 14.4 Å². The first-order chi connectivity index (χ1) is 9.88. The highest BCUT2D eigenvalue weighted by molar-refractivity contribution is 6.74. The van der Waals surface area contributed by atoms with E-state index in [1.54, 1.807) is 0 Å². The van der Waals surface area contributed by atoms with Crippen LogP contribution in [0.25, 0.3) is 0 Å². The number of ether oxygens (including phenoxy) is 1. The summed E-state index contributed by atoms with van der Waals surface area (Å²) >= 11 is 0. The van der Waals surface area contributed by atoms with Crippen LogP contribution in [0, 0.1) is 5.41 Å². The number of fused-ring (bicyclic) bond motifs is 2. The molecule has 0 unspecified atom stereocenters. The van der Waals surface area contributed by atoms with Gasteiger partial charge < -0.3 is 14.3 Å². The average Bonchev–Trinajstić information content (AvgIpc) is 2.57. The Balaban J connectivity index is 2.26. The summed E-state index contributed by atoms with van der Waals surface area (Å²) < 4.78 is 11.3. The Morgan fingerprint density at radius 2 is 1.95 bits per heavy atom. The van der Waals surface area contributed by atoms with Crippen LogP contribution < -0.4 is 0 Å². The van der Waals surface area contributed by atoms with E-state index in [1.165, 1.54) is 0 Å². The fraction of sp³-hybridized carbons (Fsp3) is 0.800. The van der Waals surface area contributed by atoms with Crippen LogP contribution in [0.5, 0.6) is 0 Å². The zero-order valence-corrected chi connectivity index (χ0v) is 14.8. The number of ketones is 1. The van der Waals surface area contributed by atoms with Crippen molar-refractivity contribution < 1.29 is 28.7 Å². The van der Waals surface area contributed by atoms with Gasteiger partial charge in [-0.1, -0.05) is 20.8 Å². The number of aliphatic carboxylic acids is 1. The van der Waals surface area contributed by atoms with E-state index in [-0.39, 0.29) is 30.1 Å². The van der Waals surface area contributed by atoms with Crippen LogP contribution >= 0.6 is 0 Å². The molecule has 124 valence electrons. The van der Waals surface area contributed by atoms with Crippen molar-refractivity contribution in [3.05, 3.63) is 0 Å². The highest BCUT2D eigenvalue weighted by atomic mass is 28.4. The SMILES string of the molecule is CC(C)(C)[Si](C)(C)O[C@@H]1C[C@@]2(CC(=O)O)C[C@@H](OC2=O)C1=O. The van der Waals surface area contributed by atoms with Gasteiger partial charge in [-0.05, 0) is 24.6 Å². The first-order valence-corrected chi connectivity index (χ1v) is 10.4. The van der Waals surface area contributed by atoms with Crippen LogP contribution in [0.2, 0.25) is 18.1 Å². The number of hydrogen-bond donors (Lipinski definition) is 1. The molecule has 3 atom stereocenters. The molecule has 0 aromatic rings. The van der Waals surface area contributed by atoms with Gasteiger partial charge in [0.1, 0.15) is 6.10 Å². The molecule has 0 radical (unpaired) electrons. The van der Waals surface area contributed by atoms with Crippen molar-refractivity contribution in [2.45, 2.75) is 70.4 Å². The van der Waals surface area contributed by atoms with E-state index >= 15 is 0 Å². The fourth-order valence-corrected chi connectivity index (χ4v) is 4.12. The lowest BCUT2D eigenvalue weighted by molar-refractivity contribution is -0.153. The van der Waals surface area contributed by atoms with E-state index in [1.807, 2.05) is 13.1 Å². The zero-order chi connectivity index (χ0) is 16.9. The van der Waals surface area contributed by atoms with Crippen LogP contribution in [0.4, 0.5) is 0 Å². The first-order valence-electron chi connectivity index (χ1n) is 7.52. The minimum absolute atomic E-state index is 0.0748. The number of esters is 1. The molecule has 0 spiro atoms. The lowest BCUT2D eigenvalue weighted by atomic mass is 9.71. The quantitative estimate of drug-likeness (QED) is 0.628. The normalized spacial score (nSPS) is 32.0. The van der Waals surface area contributed by atoms with Crippen LogP contribution in [0.1, 0.15) is 40.0 Å². The number of carboxylic acids is 1. The van der Waals surface area contributed by atoms with Crippen molar-refractivity contribution in [1.82, 2.24) is 0 Å². The lowest BCUT2D eigenvalue weighted by Crippen LogP contribution is -2.51. The van der Waals surface area contributed by atoms with Crippen LogP contribution in [0.15, 0.2) is 0 Å². The van der Waals surface area contributed by atoms with E-state index in [0.717, 1.165) is 0 Å². The largest absolute Gasteiger partial charge is 0.481 e. The standard InChI is InChI=1S/C15H24O6Si/c1-14(2,3)22(4,5)21-10-7-15(8-11(16)17)6-9(12(10)18)20-13(15)19/h9-10H,6-8H2,1-5H3,(H,16,17)/t9-,10-,15-/m1/s1. The number of hydrogen-bond acceptors (Lipinski definition) is 5. The van der Waals surface area contributed by atoms with Gasteiger partial charge in [0, 0.05) is 6.42 Å². The molecule has 22 heavy (non-hydrogen) atoms. The van der Waals surface area contributed by atoms with Gasteiger partial charge >= 0.3 is 11.9 Å². The van der Waals surface area contributed by atoms with Crippen molar-refractivity contribution in [1.29, 1.82) is 0 Å². The molecule has 2 rings (SSSR count). The molecule has 1 aliphatic carbocycles. The molecule has 2 bridgehead atoms. The summed E-state index contributed by atoms with van der Waals surface area (Å²) in [6.07, 6.45) is -1.64. The van der Waals surface area contributed by atoms with E-state index in [9.17, 15) is 14.4 Å². The maximum atomic E-state index is 12.4. The highest BCUT2D eigenvalue weighted by Crippen LogP contribution is 2.48. The van der Waals surface area contributed by atoms with Gasteiger partial charge in [0.25, 0.3) is 0 Å². The van der Waals surface area contributed by atoms with Crippen LogP contribution in [-0.4, -0.2) is 43.4 Å². The number of carboxylic acid groups (broad SMARTS) is 1. The molecule has 0 aromatic carbocycles. The summed E-state index contributed by atoms with van der Waals surface area (Å²) in [5.74, 6) is -1.86. The third-order valence-electron chi connectivity index (χ3n) is 5.20. The number of carbonyl (C=O) groups excluding carboxylic acids is 2. The van der Waals surface area contributed by atoms with E-state index in [2.05, 4.69) is 20.8 Å². The van der Waals surface area contributed by atoms with Crippen molar-refractivity contribution in [3.63, 3.8) is 0 Å². The minimum atomic E-state index is -2.20. The van der Waals surface area contributed by atoms with Gasteiger partial charge in [-0.2, -0.15) is 0 Å². The van der Waals surface area contributed by atoms with Crippen molar-refractivity contribution >= 4 is 26.0 Å². The van der Waals surface area contributed by atoms with Gasteiger partial charge in [0.15, 0.2) is 14.4 Å². The van der Waals surface area contributed by atoms with Gasteiger partial charge in [-0.25, -0.2) is 0 Å². The zero-order valence-electron chi connectivity index (χ0n) is 13.8. The molecule has 0 amide bonds. The second-order valence-corrected chi connectivity index (χ2v) is 12.7. The molecule has 2 aliphatic rings. The van der Waals surface area contributed by atoms with E-state index < -0.39 is 37.9 Å². The third-order valence-corrected chi connectivity index (χ3v) is 9.69. The van der Waals surface area contributed by atoms with E-state index in [0.29, 0.717) is 0 Å². The monoisotopic (exact) mass is 328 g/mol. The topological polar surface area (TPSA) is 89.9 Å². The van der Waals surface area contributed by atoms with Crippen LogP contribution in [0.3, 0.4) is 0 Å². The second kappa shape index (κ2) is 5.16. The molecule has 1 aliphatic heterocycles. The van der Waals surface area contributed by atoms with Gasteiger partial charge in [0.05, 0.1) is 11.8 Å². The first kappa shape index (κ1) is 17.1. The Morgan fingerprint density at radius 3 is 2.45 bits per heavy atom. The molecule has 7 heteroatoms. The summed E-state index contributed by atoms with van der Waals surface area (Å²) in [5.41, 5.74) is -1.11. The Hall–Kier alpha value is -1.21. The lowest BCUT2D eigenvalue weighted by Gasteiger charge is -2.41. The van der Waals surface area contributed by atoms with Crippen molar-refractivity contribution in [3.8, 4) is 0 Å².